The van der Waals surface area contributed by atoms with Gasteiger partial charge < -0.3 is 0 Å². The molecule has 1 heteroatoms. The zero-order chi connectivity index (χ0) is 5.56. The highest BCUT2D eigenvalue weighted by atomic mass is 14.8. The second-order valence-corrected chi connectivity index (χ2v) is 2.41. The van der Waals surface area contributed by atoms with Gasteiger partial charge in [-0.2, -0.15) is 0 Å². The van der Waals surface area contributed by atoms with E-state index in [1.165, 1.54) is 17.7 Å². The Hall–Kier alpha value is -0.590. The number of nitrogens with zero attached hydrogens (tertiary/aromatic N) is 1. The first-order chi connectivity index (χ1) is 3.92. The Morgan fingerprint density at radius 1 is 1.88 bits per heavy atom. The summed E-state index contributed by atoms with van der Waals surface area (Å²) in [6.45, 7) is 3.21. The zero-order valence-corrected chi connectivity index (χ0v) is 5.02. The van der Waals surface area contributed by atoms with E-state index in [-0.39, 0.29) is 0 Å². The molecule has 0 amide bonds. The second kappa shape index (κ2) is 1.22. The van der Waals surface area contributed by atoms with Crippen LogP contribution >= 0.6 is 0 Å². The standard InChI is InChI=1S/C7H9N/c1-2-5-3-6-4-8-7(5)6/h3,5H,2,4H2,1H3. The fraction of sp³-hybridized carbons (Fsp3) is 0.571. The quantitative estimate of drug-likeness (QED) is 0.480. The van der Waals surface area contributed by atoms with Crippen LogP contribution in [0.1, 0.15) is 13.3 Å². The molecule has 0 N–H and O–H groups in total. The van der Waals surface area contributed by atoms with Crippen LogP contribution in [0.3, 0.4) is 0 Å². The summed E-state index contributed by atoms with van der Waals surface area (Å²) >= 11 is 0. The highest BCUT2D eigenvalue weighted by Crippen LogP contribution is 2.31. The molecule has 8 heavy (non-hydrogen) atoms. The van der Waals surface area contributed by atoms with E-state index in [4.69, 9.17) is 0 Å². The van der Waals surface area contributed by atoms with Gasteiger partial charge in [0.25, 0.3) is 0 Å². The molecule has 1 unspecified atom stereocenters. The third-order valence-corrected chi connectivity index (χ3v) is 1.94. The Bertz CT molecular complexity index is 177. The molecule has 0 spiro atoms. The lowest BCUT2D eigenvalue weighted by Gasteiger charge is -2.33. The first-order valence-electron chi connectivity index (χ1n) is 3.17. The Kier molecular flexibility index (Phi) is 0.655. The number of aliphatic imine (C=N–C) groups is 1. The van der Waals surface area contributed by atoms with E-state index in [1.54, 1.807) is 0 Å². The summed E-state index contributed by atoms with van der Waals surface area (Å²) in [6, 6.07) is 0. The first kappa shape index (κ1) is 4.30. The molecule has 0 aromatic rings. The number of rotatable bonds is 1. The van der Waals surface area contributed by atoms with E-state index in [0.29, 0.717) is 0 Å². The van der Waals surface area contributed by atoms with Gasteiger partial charge in [-0.15, -0.1) is 0 Å². The van der Waals surface area contributed by atoms with Crippen LogP contribution in [0.15, 0.2) is 16.6 Å². The average molecular weight is 107 g/mol. The number of hydrogen-bond acceptors (Lipinski definition) is 1. The second-order valence-electron chi connectivity index (χ2n) is 2.41. The van der Waals surface area contributed by atoms with Gasteiger partial charge in [0.15, 0.2) is 0 Å². The van der Waals surface area contributed by atoms with Crippen molar-refractivity contribution in [2.24, 2.45) is 10.9 Å². The van der Waals surface area contributed by atoms with Gasteiger partial charge in [-0.05, 0) is 12.0 Å². The minimum absolute atomic E-state index is 0.735. The smallest absolute Gasteiger partial charge is 0.0658 e. The SMILES string of the molecule is CCC1C=C2CN=C21. The van der Waals surface area contributed by atoms with Gasteiger partial charge in [0, 0.05) is 11.6 Å². The monoisotopic (exact) mass is 107 g/mol. The maximum atomic E-state index is 4.24. The molecule has 1 nitrogen and oxygen atoms in total. The third kappa shape index (κ3) is 0.310. The Morgan fingerprint density at radius 2 is 2.75 bits per heavy atom. The summed E-state index contributed by atoms with van der Waals surface area (Å²) in [4.78, 5) is 4.24. The van der Waals surface area contributed by atoms with Crippen LogP contribution in [-0.4, -0.2) is 12.3 Å². The minimum Gasteiger partial charge on any atom is -0.284 e. The lowest BCUT2D eigenvalue weighted by atomic mass is 9.78. The van der Waals surface area contributed by atoms with Crippen molar-refractivity contribution in [2.45, 2.75) is 13.3 Å². The maximum Gasteiger partial charge on any atom is 0.0658 e. The Labute approximate surface area is 49.1 Å². The van der Waals surface area contributed by atoms with Crippen molar-refractivity contribution in [3.05, 3.63) is 11.6 Å². The Balaban J connectivity index is 2.21. The molecule has 1 aliphatic heterocycles. The number of fused-ring (bicyclic) bond motifs is 1. The van der Waals surface area contributed by atoms with Gasteiger partial charge in [-0.25, -0.2) is 0 Å². The Morgan fingerprint density at radius 3 is 2.88 bits per heavy atom. The molecule has 0 bridgehead atoms. The fourth-order valence-corrected chi connectivity index (χ4v) is 1.29. The van der Waals surface area contributed by atoms with E-state index >= 15 is 0 Å². The van der Waals surface area contributed by atoms with Gasteiger partial charge in [0.2, 0.25) is 0 Å². The molecule has 1 atom stereocenters. The van der Waals surface area contributed by atoms with Gasteiger partial charge in [0.1, 0.15) is 0 Å². The van der Waals surface area contributed by atoms with Crippen LogP contribution < -0.4 is 0 Å². The van der Waals surface area contributed by atoms with Gasteiger partial charge in [0.05, 0.1) is 6.54 Å². The summed E-state index contributed by atoms with van der Waals surface area (Å²) in [5.41, 5.74) is 2.91. The zero-order valence-electron chi connectivity index (χ0n) is 5.02. The van der Waals surface area contributed by atoms with Crippen LogP contribution in [0.4, 0.5) is 0 Å². The molecule has 0 fully saturated rings. The average Bonchev–Trinajstić information content (AvgIpc) is 1.76. The predicted molar refractivity (Wildman–Crippen MR) is 34.2 cm³/mol. The molecule has 0 aromatic heterocycles. The highest BCUT2D eigenvalue weighted by molar-refractivity contribution is 6.13. The maximum absolute atomic E-state index is 4.24. The lowest BCUT2D eigenvalue weighted by Crippen LogP contribution is -2.33. The normalized spacial score (nSPS) is 31.4. The van der Waals surface area contributed by atoms with Crippen molar-refractivity contribution in [2.75, 3.05) is 6.54 Å². The number of dihydropyridines is 1. The number of hydrogen-bond donors (Lipinski definition) is 0. The molecule has 0 aromatic carbocycles. The molecule has 1 heterocycles. The van der Waals surface area contributed by atoms with Crippen molar-refractivity contribution in [3.8, 4) is 0 Å². The largest absolute Gasteiger partial charge is 0.284 e. The van der Waals surface area contributed by atoms with E-state index in [2.05, 4.69) is 18.0 Å². The molecule has 2 aliphatic rings. The highest BCUT2D eigenvalue weighted by Gasteiger charge is 2.30. The van der Waals surface area contributed by atoms with Crippen LogP contribution in [0, 0.1) is 5.92 Å². The van der Waals surface area contributed by atoms with Gasteiger partial charge in [-0.3, -0.25) is 4.99 Å². The molecule has 0 radical (unpaired) electrons. The molecule has 1 aliphatic carbocycles. The third-order valence-electron chi connectivity index (χ3n) is 1.94. The topological polar surface area (TPSA) is 12.4 Å². The fourth-order valence-electron chi connectivity index (χ4n) is 1.29. The van der Waals surface area contributed by atoms with Crippen molar-refractivity contribution in [1.29, 1.82) is 0 Å². The molecule has 2 rings (SSSR count). The van der Waals surface area contributed by atoms with Crippen molar-refractivity contribution < 1.29 is 0 Å². The van der Waals surface area contributed by atoms with Crippen molar-refractivity contribution in [3.63, 3.8) is 0 Å². The summed E-state index contributed by atoms with van der Waals surface area (Å²) < 4.78 is 0. The molecule has 42 valence electrons. The number of allylic oxidation sites excluding steroid dienone is 1. The van der Waals surface area contributed by atoms with Crippen LogP contribution in [0.25, 0.3) is 0 Å². The summed E-state index contributed by atoms with van der Waals surface area (Å²) in [5, 5.41) is 0. The van der Waals surface area contributed by atoms with Crippen LogP contribution in [0.5, 0.6) is 0 Å². The van der Waals surface area contributed by atoms with E-state index in [1.807, 2.05) is 0 Å². The molecular weight excluding hydrogens is 98.1 g/mol. The molecule has 0 saturated heterocycles. The molecule has 0 saturated carbocycles. The van der Waals surface area contributed by atoms with Gasteiger partial charge >= 0.3 is 0 Å². The van der Waals surface area contributed by atoms with E-state index in [0.717, 1.165) is 12.5 Å². The summed E-state index contributed by atoms with van der Waals surface area (Å²) in [6.07, 6.45) is 3.57. The lowest BCUT2D eigenvalue weighted by molar-refractivity contribution is 0.739. The first-order valence-corrected chi connectivity index (χ1v) is 3.17. The van der Waals surface area contributed by atoms with Crippen molar-refractivity contribution >= 4 is 5.71 Å². The predicted octanol–water partition coefficient (Wildman–Crippen LogP) is 1.41. The summed E-state index contributed by atoms with van der Waals surface area (Å²) in [5.74, 6) is 0.735. The van der Waals surface area contributed by atoms with Crippen LogP contribution in [0.2, 0.25) is 0 Å². The van der Waals surface area contributed by atoms with E-state index in [9.17, 15) is 0 Å². The minimum atomic E-state index is 0.735. The van der Waals surface area contributed by atoms with Gasteiger partial charge in [-0.1, -0.05) is 13.0 Å². The van der Waals surface area contributed by atoms with Crippen molar-refractivity contribution in [1.82, 2.24) is 0 Å². The summed E-state index contributed by atoms with van der Waals surface area (Å²) in [7, 11) is 0. The van der Waals surface area contributed by atoms with E-state index < -0.39 is 0 Å². The van der Waals surface area contributed by atoms with Crippen LogP contribution in [-0.2, 0) is 0 Å². The molecular formula is C7H9N.